The van der Waals surface area contributed by atoms with E-state index in [0.717, 1.165) is 16.7 Å². The highest BCUT2D eigenvalue weighted by atomic mass is 16.2. The highest BCUT2D eigenvalue weighted by Crippen LogP contribution is 2.38. The molecule has 1 saturated heterocycles. The summed E-state index contributed by atoms with van der Waals surface area (Å²) in [5.74, 6) is 0.803. The second-order valence-electron chi connectivity index (χ2n) is 8.98. The Labute approximate surface area is 179 Å². The van der Waals surface area contributed by atoms with E-state index < -0.39 is 5.41 Å². The highest BCUT2D eigenvalue weighted by Gasteiger charge is 2.46. The van der Waals surface area contributed by atoms with Gasteiger partial charge in [0, 0.05) is 26.6 Å². The largest absolute Gasteiger partial charge is 0.359 e. The smallest absolute Gasteiger partial charge is 0.228 e. The molecule has 1 saturated carbocycles. The third-order valence-corrected chi connectivity index (χ3v) is 6.98. The van der Waals surface area contributed by atoms with Crippen molar-refractivity contribution in [2.24, 2.45) is 11.3 Å². The number of carbonyl (C=O) groups excluding carboxylic acids is 2. The molecule has 2 aromatic rings. The maximum absolute atomic E-state index is 13.1. The van der Waals surface area contributed by atoms with E-state index >= 15 is 0 Å². The van der Waals surface area contributed by atoms with Gasteiger partial charge in [-0.3, -0.25) is 9.59 Å². The van der Waals surface area contributed by atoms with Gasteiger partial charge in [0.05, 0.1) is 5.41 Å². The minimum absolute atomic E-state index is 0.0431. The van der Waals surface area contributed by atoms with Crippen molar-refractivity contribution in [3.63, 3.8) is 0 Å². The molecule has 158 valence electrons. The van der Waals surface area contributed by atoms with E-state index in [2.05, 4.69) is 29.6 Å². The van der Waals surface area contributed by atoms with Crippen LogP contribution in [0.1, 0.15) is 44.1 Å². The first-order chi connectivity index (χ1) is 14.6. The lowest BCUT2D eigenvalue weighted by Crippen LogP contribution is -2.44. The molecule has 1 atom stereocenters. The van der Waals surface area contributed by atoms with E-state index in [4.69, 9.17) is 0 Å². The standard InChI is InChI=1S/C26H32N2O2/c1-27-25(30)26(15-16-28(19-26)24(29)17-20-9-5-6-10-20)18-22-13-7-8-14-23(22)21-11-3-2-4-12-21/h2-4,7-8,11-14,20H,5-6,9-10,15-19H2,1H3,(H,27,30)/t26-/m0/s1. The number of hydrogen-bond acceptors (Lipinski definition) is 2. The second-order valence-corrected chi connectivity index (χ2v) is 8.98. The highest BCUT2D eigenvalue weighted by molar-refractivity contribution is 5.86. The summed E-state index contributed by atoms with van der Waals surface area (Å²) in [6.07, 6.45) is 6.84. The van der Waals surface area contributed by atoms with Crippen molar-refractivity contribution in [1.29, 1.82) is 0 Å². The van der Waals surface area contributed by atoms with Crippen LogP contribution in [0.2, 0.25) is 0 Å². The summed E-state index contributed by atoms with van der Waals surface area (Å²) in [7, 11) is 1.70. The topological polar surface area (TPSA) is 49.4 Å². The molecule has 4 nitrogen and oxygen atoms in total. The molecule has 0 unspecified atom stereocenters. The van der Waals surface area contributed by atoms with Crippen LogP contribution < -0.4 is 5.32 Å². The first-order valence-electron chi connectivity index (χ1n) is 11.2. The minimum atomic E-state index is -0.565. The molecule has 0 radical (unpaired) electrons. The van der Waals surface area contributed by atoms with Gasteiger partial charge in [-0.1, -0.05) is 67.4 Å². The van der Waals surface area contributed by atoms with Crippen LogP contribution in [0.3, 0.4) is 0 Å². The summed E-state index contributed by atoms with van der Waals surface area (Å²) in [5, 5.41) is 2.88. The fourth-order valence-corrected chi connectivity index (χ4v) is 5.29. The van der Waals surface area contributed by atoms with E-state index in [1.807, 2.05) is 35.2 Å². The van der Waals surface area contributed by atoms with Crippen molar-refractivity contribution >= 4 is 11.8 Å². The van der Waals surface area contributed by atoms with E-state index in [1.54, 1.807) is 7.05 Å². The minimum Gasteiger partial charge on any atom is -0.359 e. The number of amides is 2. The lowest BCUT2D eigenvalue weighted by Gasteiger charge is -2.29. The molecule has 2 amide bonds. The van der Waals surface area contributed by atoms with Gasteiger partial charge >= 0.3 is 0 Å². The predicted molar refractivity (Wildman–Crippen MR) is 120 cm³/mol. The van der Waals surface area contributed by atoms with Gasteiger partial charge in [-0.25, -0.2) is 0 Å². The Balaban J connectivity index is 1.56. The second kappa shape index (κ2) is 9.03. The van der Waals surface area contributed by atoms with Gasteiger partial charge in [0.15, 0.2) is 0 Å². The molecule has 2 aromatic carbocycles. The van der Waals surface area contributed by atoms with Crippen LogP contribution in [0, 0.1) is 11.3 Å². The Morgan fingerprint density at radius 3 is 2.47 bits per heavy atom. The van der Waals surface area contributed by atoms with Gasteiger partial charge in [-0.2, -0.15) is 0 Å². The molecule has 1 aliphatic heterocycles. The molecule has 1 heterocycles. The monoisotopic (exact) mass is 404 g/mol. The van der Waals surface area contributed by atoms with Gasteiger partial charge in [0.2, 0.25) is 11.8 Å². The van der Waals surface area contributed by atoms with Gasteiger partial charge in [-0.05, 0) is 48.3 Å². The van der Waals surface area contributed by atoms with E-state index in [9.17, 15) is 9.59 Å². The van der Waals surface area contributed by atoms with E-state index in [-0.39, 0.29) is 11.8 Å². The average molecular weight is 405 g/mol. The SMILES string of the molecule is CNC(=O)[C@]1(Cc2ccccc2-c2ccccc2)CCN(C(=O)CC2CCCC2)C1. The summed E-state index contributed by atoms with van der Waals surface area (Å²) in [5.41, 5.74) is 2.92. The molecule has 2 aliphatic rings. The maximum Gasteiger partial charge on any atom is 0.228 e. The molecule has 1 N–H and O–H groups in total. The Kier molecular flexibility index (Phi) is 6.21. The van der Waals surface area contributed by atoms with E-state index in [0.29, 0.717) is 38.3 Å². The third kappa shape index (κ3) is 4.28. The van der Waals surface area contributed by atoms with Crippen LogP contribution in [0.15, 0.2) is 54.6 Å². The molecule has 0 bridgehead atoms. The zero-order chi connectivity index (χ0) is 21.0. The van der Waals surface area contributed by atoms with Gasteiger partial charge in [0.25, 0.3) is 0 Å². The van der Waals surface area contributed by atoms with Crippen molar-refractivity contribution in [1.82, 2.24) is 10.2 Å². The van der Waals surface area contributed by atoms with Crippen molar-refractivity contribution in [3.05, 3.63) is 60.2 Å². The molecule has 0 aromatic heterocycles. The van der Waals surface area contributed by atoms with Crippen LogP contribution in [0.4, 0.5) is 0 Å². The molecule has 2 fully saturated rings. The summed E-state index contributed by atoms with van der Waals surface area (Å²) in [4.78, 5) is 27.9. The molecule has 4 rings (SSSR count). The van der Waals surface area contributed by atoms with Gasteiger partial charge in [-0.15, -0.1) is 0 Å². The van der Waals surface area contributed by atoms with Gasteiger partial charge in [0.1, 0.15) is 0 Å². The van der Waals surface area contributed by atoms with Gasteiger partial charge < -0.3 is 10.2 Å². The Hall–Kier alpha value is -2.62. The number of nitrogens with zero attached hydrogens (tertiary/aromatic N) is 1. The van der Waals surface area contributed by atoms with Crippen LogP contribution in [0.25, 0.3) is 11.1 Å². The number of benzene rings is 2. The van der Waals surface area contributed by atoms with Crippen molar-refractivity contribution < 1.29 is 9.59 Å². The summed E-state index contributed by atoms with van der Waals surface area (Å²) < 4.78 is 0. The van der Waals surface area contributed by atoms with E-state index in [1.165, 1.54) is 25.7 Å². The first-order valence-corrected chi connectivity index (χ1v) is 11.2. The van der Waals surface area contributed by atoms with Crippen LogP contribution in [-0.4, -0.2) is 36.9 Å². The Morgan fingerprint density at radius 1 is 1.03 bits per heavy atom. The molecular weight excluding hydrogens is 372 g/mol. The molecule has 30 heavy (non-hydrogen) atoms. The normalized spacial score (nSPS) is 21.7. The van der Waals surface area contributed by atoms with Crippen LogP contribution in [-0.2, 0) is 16.0 Å². The third-order valence-electron chi connectivity index (χ3n) is 6.98. The maximum atomic E-state index is 13.1. The molecular formula is C26H32N2O2. The number of nitrogens with one attached hydrogen (secondary N) is 1. The average Bonchev–Trinajstić information content (AvgIpc) is 3.45. The molecule has 0 spiro atoms. The Bertz CT molecular complexity index is 889. The molecule has 4 heteroatoms. The summed E-state index contributed by atoms with van der Waals surface area (Å²) in [6.45, 7) is 1.19. The number of hydrogen-bond donors (Lipinski definition) is 1. The zero-order valence-electron chi connectivity index (χ0n) is 17.9. The number of rotatable bonds is 6. The van der Waals surface area contributed by atoms with Crippen molar-refractivity contribution in [3.8, 4) is 11.1 Å². The quantitative estimate of drug-likeness (QED) is 0.774. The summed E-state index contributed by atoms with van der Waals surface area (Å²) >= 11 is 0. The van der Waals surface area contributed by atoms with Crippen LogP contribution >= 0.6 is 0 Å². The lowest BCUT2D eigenvalue weighted by molar-refractivity contribution is -0.133. The van der Waals surface area contributed by atoms with Crippen LogP contribution in [0.5, 0.6) is 0 Å². The fourth-order valence-electron chi connectivity index (χ4n) is 5.29. The summed E-state index contributed by atoms with van der Waals surface area (Å²) in [6, 6.07) is 18.6. The Morgan fingerprint density at radius 2 is 1.73 bits per heavy atom. The van der Waals surface area contributed by atoms with Crippen molar-refractivity contribution in [2.45, 2.75) is 44.9 Å². The van der Waals surface area contributed by atoms with Crippen molar-refractivity contribution in [2.75, 3.05) is 20.1 Å². The fraction of sp³-hybridized carbons (Fsp3) is 0.462. The predicted octanol–water partition coefficient (Wildman–Crippen LogP) is 4.44. The zero-order valence-corrected chi connectivity index (χ0v) is 17.9. The number of carbonyl (C=O) groups is 2. The number of likely N-dealkylation sites (tertiary alicyclic amines) is 1. The molecule has 1 aliphatic carbocycles. The first kappa shape index (κ1) is 20.6. The lowest BCUT2D eigenvalue weighted by atomic mass is 9.78.